The van der Waals surface area contributed by atoms with Crippen molar-refractivity contribution in [3.05, 3.63) is 0 Å². The zero-order valence-electron chi connectivity index (χ0n) is 7.90. The van der Waals surface area contributed by atoms with Gasteiger partial charge >= 0.3 is 0 Å². The summed E-state index contributed by atoms with van der Waals surface area (Å²) in [5, 5.41) is 2.83. The maximum Gasteiger partial charge on any atom is 0.219 e. The van der Waals surface area contributed by atoms with Crippen molar-refractivity contribution >= 4 is 17.5 Å². The van der Waals surface area contributed by atoms with E-state index >= 15 is 0 Å². The zero-order valence-corrected chi connectivity index (χ0v) is 8.66. The number of hydrogen-bond donors (Lipinski definition) is 1. The van der Waals surface area contributed by atoms with Crippen LogP contribution in [0.25, 0.3) is 0 Å². The van der Waals surface area contributed by atoms with E-state index in [0.717, 1.165) is 19.4 Å². The van der Waals surface area contributed by atoms with Gasteiger partial charge in [-0.05, 0) is 18.8 Å². The average molecular weight is 192 g/mol. The Hall–Kier alpha value is -0.240. The number of carbonyl (C=O) groups is 1. The predicted molar refractivity (Wildman–Crippen MR) is 52.4 cm³/mol. The molecule has 0 saturated heterocycles. The minimum absolute atomic E-state index is 0.133. The monoisotopic (exact) mass is 191 g/mol. The number of alkyl halides is 1. The van der Waals surface area contributed by atoms with E-state index in [1.54, 1.807) is 0 Å². The highest BCUT2D eigenvalue weighted by atomic mass is 35.5. The highest BCUT2D eigenvalue weighted by molar-refractivity contribution is 6.18. The van der Waals surface area contributed by atoms with Gasteiger partial charge in [0.1, 0.15) is 0 Å². The fraction of sp³-hybridized carbons (Fsp3) is 0.889. The molecule has 0 aromatic rings. The first-order valence-electron chi connectivity index (χ1n) is 4.53. The van der Waals surface area contributed by atoms with Gasteiger partial charge in [0.05, 0.1) is 0 Å². The first kappa shape index (κ1) is 11.8. The van der Waals surface area contributed by atoms with Crippen LogP contribution in [0.1, 0.15) is 33.1 Å². The van der Waals surface area contributed by atoms with Gasteiger partial charge in [-0.1, -0.05) is 13.8 Å². The van der Waals surface area contributed by atoms with Crippen LogP contribution in [0.4, 0.5) is 0 Å². The molecule has 3 heteroatoms. The SMILES string of the molecule is CCC(=O)NCCCC(C)CCl. The normalized spacial score (nSPS) is 12.6. The van der Waals surface area contributed by atoms with Crippen molar-refractivity contribution in [2.45, 2.75) is 33.1 Å². The van der Waals surface area contributed by atoms with Crippen molar-refractivity contribution in [2.75, 3.05) is 12.4 Å². The summed E-state index contributed by atoms with van der Waals surface area (Å²) in [5.41, 5.74) is 0. The molecule has 0 fully saturated rings. The van der Waals surface area contributed by atoms with E-state index < -0.39 is 0 Å². The van der Waals surface area contributed by atoms with Crippen LogP contribution in [0, 0.1) is 5.92 Å². The second-order valence-electron chi connectivity index (χ2n) is 3.11. The number of carbonyl (C=O) groups excluding carboxylic acids is 1. The van der Waals surface area contributed by atoms with E-state index in [9.17, 15) is 4.79 Å². The maximum absolute atomic E-state index is 10.8. The molecule has 0 spiro atoms. The van der Waals surface area contributed by atoms with E-state index in [1.165, 1.54) is 0 Å². The molecular weight excluding hydrogens is 174 g/mol. The molecule has 0 aromatic carbocycles. The van der Waals surface area contributed by atoms with Crippen LogP contribution in [-0.2, 0) is 4.79 Å². The summed E-state index contributed by atoms with van der Waals surface area (Å²) in [5.74, 6) is 1.40. The fourth-order valence-electron chi connectivity index (χ4n) is 0.880. The van der Waals surface area contributed by atoms with Crippen LogP contribution < -0.4 is 5.32 Å². The average Bonchev–Trinajstić information content (AvgIpc) is 2.11. The third-order valence-electron chi connectivity index (χ3n) is 1.78. The number of nitrogens with one attached hydrogen (secondary N) is 1. The minimum Gasteiger partial charge on any atom is -0.356 e. The summed E-state index contributed by atoms with van der Waals surface area (Å²) in [6.45, 7) is 4.76. The van der Waals surface area contributed by atoms with Crippen molar-refractivity contribution in [1.82, 2.24) is 5.32 Å². The molecule has 0 heterocycles. The highest BCUT2D eigenvalue weighted by Crippen LogP contribution is 2.05. The van der Waals surface area contributed by atoms with Gasteiger partial charge in [0.25, 0.3) is 0 Å². The summed E-state index contributed by atoms with van der Waals surface area (Å²) in [6.07, 6.45) is 2.69. The van der Waals surface area contributed by atoms with Gasteiger partial charge in [0, 0.05) is 18.8 Å². The third-order valence-corrected chi connectivity index (χ3v) is 2.31. The largest absolute Gasteiger partial charge is 0.356 e. The smallest absolute Gasteiger partial charge is 0.219 e. The quantitative estimate of drug-likeness (QED) is 0.506. The molecule has 0 aromatic heterocycles. The van der Waals surface area contributed by atoms with Crippen LogP contribution in [-0.4, -0.2) is 18.3 Å². The molecule has 0 radical (unpaired) electrons. The highest BCUT2D eigenvalue weighted by Gasteiger charge is 2.00. The van der Waals surface area contributed by atoms with Crippen LogP contribution in [0.3, 0.4) is 0 Å². The van der Waals surface area contributed by atoms with Crippen molar-refractivity contribution in [2.24, 2.45) is 5.92 Å². The Kier molecular flexibility index (Phi) is 7.26. The van der Waals surface area contributed by atoms with Crippen molar-refractivity contribution in [1.29, 1.82) is 0 Å². The Bertz CT molecular complexity index is 128. The van der Waals surface area contributed by atoms with Crippen molar-refractivity contribution in [3.8, 4) is 0 Å². The van der Waals surface area contributed by atoms with Gasteiger partial charge in [-0.25, -0.2) is 0 Å². The van der Waals surface area contributed by atoms with Gasteiger partial charge in [-0.2, -0.15) is 0 Å². The third kappa shape index (κ3) is 6.47. The van der Waals surface area contributed by atoms with Crippen LogP contribution in [0.15, 0.2) is 0 Å². The molecule has 12 heavy (non-hydrogen) atoms. The summed E-state index contributed by atoms with van der Waals surface area (Å²) in [7, 11) is 0. The lowest BCUT2D eigenvalue weighted by atomic mass is 10.1. The van der Waals surface area contributed by atoms with Crippen LogP contribution in [0.5, 0.6) is 0 Å². The molecule has 0 rings (SSSR count). The molecule has 0 saturated carbocycles. The van der Waals surface area contributed by atoms with E-state index in [2.05, 4.69) is 12.2 Å². The van der Waals surface area contributed by atoms with Gasteiger partial charge in [-0.15, -0.1) is 11.6 Å². The molecule has 0 bridgehead atoms. The lowest BCUT2D eigenvalue weighted by Gasteiger charge is -2.07. The van der Waals surface area contributed by atoms with E-state index in [4.69, 9.17) is 11.6 Å². The predicted octanol–water partition coefficient (Wildman–Crippen LogP) is 2.17. The number of amides is 1. The Labute approximate surface area is 79.7 Å². The van der Waals surface area contributed by atoms with Crippen LogP contribution >= 0.6 is 11.6 Å². The van der Waals surface area contributed by atoms with Crippen LogP contribution in [0.2, 0.25) is 0 Å². The fourth-order valence-corrected chi connectivity index (χ4v) is 1.03. The van der Waals surface area contributed by atoms with Gasteiger partial charge in [-0.3, -0.25) is 4.79 Å². The lowest BCUT2D eigenvalue weighted by Crippen LogP contribution is -2.23. The molecule has 1 unspecified atom stereocenters. The number of rotatable bonds is 6. The molecule has 0 aliphatic carbocycles. The molecule has 0 aliphatic heterocycles. The molecule has 1 atom stereocenters. The number of halogens is 1. The summed E-state index contributed by atoms with van der Waals surface area (Å²) in [4.78, 5) is 10.8. The topological polar surface area (TPSA) is 29.1 Å². The first-order chi connectivity index (χ1) is 5.70. The Morgan fingerprint density at radius 1 is 1.58 bits per heavy atom. The summed E-state index contributed by atoms with van der Waals surface area (Å²) < 4.78 is 0. The van der Waals surface area contributed by atoms with E-state index in [0.29, 0.717) is 18.2 Å². The summed E-state index contributed by atoms with van der Waals surface area (Å²) >= 11 is 5.63. The van der Waals surface area contributed by atoms with Gasteiger partial charge in [0.2, 0.25) is 5.91 Å². The molecular formula is C9H18ClNO. The van der Waals surface area contributed by atoms with Gasteiger partial charge < -0.3 is 5.32 Å². The standard InChI is InChI=1S/C9H18ClNO/c1-3-9(12)11-6-4-5-8(2)7-10/h8H,3-7H2,1-2H3,(H,11,12). The summed E-state index contributed by atoms with van der Waals surface area (Å²) in [6, 6.07) is 0. The van der Waals surface area contributed by atoms with Crippen molar-refractivity contribution in [3.63, 3.8) is 0 Å². The van der Waals surface area contributed by atoms with Crippen molar-refractivity contribution < 1.29 is 4.79 Å². The second-order valence-corrected chi connectivity index (χ2v) is 3.41. The minimum atomic E-state index is 0.133. The Balaban J connectivity index is 3.15. The molecule has 72 valence electrons. The first-order valence-corrected chi connectivity index (χ1v) is 5.06. The van der Waals surface area contributed by atoms with E-state index in [-0.39, 0.29) is 5.91 Å². The zero-order chi connectivity index (χ0) is 9.40. The van der Waals surface area contributed by atoms with E-state index in [1.807, 2.05) is 6.92 Å². The molecule has 0 aliphatic rings. The number of hydrogen-bond acceptors (Lipinski definition) is 1. The Morgan fingerprint density at radius 2 is 2.25 bits per heavy atom. The molecule has 1 N–H and O–H groups in total. The second kappa shape index (κ2) is 7.41. The lowest BCUT2D eigenvalue weighted by molar-refractivity contribution is -0.120. The van der Waals surface area contributed by atoms with Gasteiger partial charge in [0.15, 0.2) is 0 Å². The maximum atomic E-state index is 10.8. The molecule has 2 nitrogen and oxygen atoms in total. The molecule has 1 amide bonds. The Morgan fingerprint density at radius 3 is 2.75 bits per heavy atom.